The number of nitrogens with zero attached hydrogens (tertiary/aromatic N) is 4. The van der Waals surface area contributed by atoms with Crippen LogP contribution in [0.2, 0.25) is 0 Å². The van der Waals surface area contributed by atoms with E-state index in [1.54, 1.807) is 12.1 Å². The Balaban J connectivity index is 1.73. The molecule has 148 valence electrons. The lowest BCUT2D eigenvalue weighted by Crippen LogP contribution is -2.38. The van der Waals surface area contributed by atoms with E-state index in [2.05, 4.69) is 34.2 Å². The molecule has 1 atom stereocenters. The van der Waals surface area contributed by atoms with E-state index in [-0.39, 0.29) is 11.7 Å². The average Bonchev–Trinajstić information content (AvgIpc) is 2.77. The predicted octanol–water partition coefficient (Wildman–Crippen LogP) is 5.36. The second-order valence-corrected chi connectivity index (χ2v) is 6.69. The van der Waals surface area contributed by atoms with Crippen molar-refractivity contribution in [3.8, 4) is 0 Å². The van der Waals surface area contributed by atoms with E-state index in [4.69, 9.17) is 5.73 Å². The lowest BCUT2D eigenvalue weighted by molar-refractivity contribution is -0.384. The minimum absolute atomic E-state index is 0.0285. The van der Waals surface area contributed by atoms with E-state index < -0.39 is 4.92 Å². The van der Waals surface area contributed by atoms with Crippen molar-refractivity contribution in [3.63, 3.8) is 0 Å². The van der Waals surface area contributed by atoms with Gasteiger partial charge in [-0.15, -0.1) is 0 Å². The third kappa shape index (κ3) is 5.46. The Kier molecular flexibility index (Phi) is 6.65. The Bertz CT molecular complexity index is 957. The van der Waals surface area contributed by atoms with Gasteiger partial charge in [-0.05, 0) is 48.9 Å². The maximum absolute atomic E-state index is 10.7. The Labute approximate surface area is 169 Å². The molecule has 0 aliphatic heterocycles. The van der Waals surface area contributed by atoms with Crippen LogP contribution < -0.4 is 10.6 Å². The van der Waals surface area contributed by atoms with Gasteiger partial charge in [0, 0.05) is 37.0 Å². The lowest BCUT2D eigenvalue weighted by Gasteiger charge is -2.31. The molecule has 7 nitrogen and oxygen atoms in total. The molecule has 0 saturated carbocycles. The molecule has 0 spiro atoms. The summed E-state index contributed by atoms with van der Waals surface area (Å²) in [4.78, 5) is 12.5. The Hall–Kier alpha value is -3.58. The zero-order valence-corrected chi connectivity index (χ0v) is 16.2. The summed E-state index contributed by atoms with van der Waals surface area (Å²) in [6.07, 6.45) is 0. The molecule has 3 aromatic carbocycles. The standard InChI is InChI=1S/C22H23N5O2/c1-17(15-23)26(16-18-5-3-2-4-6-18)21-11-7-19(8-12-21)24-25-20-9-13-22(14-10-20)27(28)29/h2-14,17H,15-16,23H2,1H3. The normalized spacial score (nSPS) is 12.1. The van der Waals surface area contributed by atoms with Crippen molar-refractivity contribution in [2.75, 3.05) is 11.4 Å². The van der Waals surface area contributed by atoms with Crippen molar-refractivity contribution in [1.29, 1.82) is 0 Å². The van der Waals surface area contributed by atoms with Gasteiger partial charge in [-0.25, -0.2) is 0 Å². The van der Waals surface area contributed by atoms with E-state index in [9.17, 15) is 10.1 Å². The molecular weight excluding hydrogens is 366 g/mol. The number of nitro benzene ring substituents is 1. The fourth-order valence-electron chi connectivity index (χ4n) is 2.88. The second-order valence-electron chi connectivity index (χ2n) is 6.69. The number of non-ortho nitro benzene ring substituents is 1. The van der Waals surface area contributed by atoms with E-state index in [0.717, 1.165) is 12.2 Å². The molecule has 0 radical (unpaired) electrons. The Morgan fingerprint density at radius 3 is 2.00 bits per heavy atom. The fourth-order valence-corrected chi connectivity index (χ4v) is 2.88. The van der Waals surface area contributed by atoms with Crippen LogP contribution in [0.25, 0.3) is 0 Å². The Morgan fingerprint density at radius 2 is 1.48 bits per heavy atom. The van der Waals surface area contributed by atoms with Gasteiger partial charge >= 0.3 is 0 Å². The quantitative estimate of drug-likeness (QED) is 0.318. The summed E-state index contributed by atoms with van der Waals surface area (Å²) in [5, 5.41) is 19.1. The van der Waals surface area contributed by atoms with Crippen LogP contribution in [-0.2, 0) is 6.54 Å². The molecule has 0 bridgehead atoms. The molecule has 3 rings (SSSR count). The number of nitro groups is 1. The lowest BCUT2D eigenvalue weighted by atomic mass is 10.1. The number of benzene rings is 3. The molecular formula is C22H23N5O2. The van der Waals surface area contributed by atoms with Gasteiger partial charge in [-0.1, -0.05) is 30.3 Å². The minimum atomic E-state index is -0.441. The van der Waals surface area contributed by atoms with Crippen LogP contribution in [0.5, 0.6) is 0 Å². The van der Waals surface area contributed by atoms with Gasteiger partial charge in [-0.3, -0.25) is 10.1 Å². The molecule has 0 aromatic heterocycles. The van der Waals surface area contributed by atoms with E-state index >= 15 is 0 Å². The zero-order chi connectivity index (χ0) is 20.6. The minimum Gasteiger partial charge on any atom is -0.363 e. The van der Waals surface area contributed by atoms with Crippen molar-refractivity contribution < 1.29 is 4.92 Å². The van der Waals surface area contributed by atoms with E-state index in [1.807, 2.05) is 42.5 Å². The second kappa shape index (κ2) is 9.57. The van der Waals surface area contributed by atoms with Crippen LogP contribution in [0, 0.1) is 10.1 Å². The molecule has 0 fully saturated rings. The summed E-state index contributed by atoms with van der Waals surface area (Å²) in [5.74, 6) is 0. The van der Waals surface area contributed by atoms with Gasteiger partial charge in [-0.2, -0.15) is 10.2 Å². The van der Waals surface area contributed by atoms with Crippen molar-refractivity contribution >= 4 is 22.7 Å². The van der Waals surface area contributed by atoms with Gasteiger partial charge in [0.15, 0.2) is 0 Å². The highest BCUT2D eigenvalue weighted by Gasteiger charge is 2.14. The van der Waals surface area contributed by atoms with Crippen molar-refractivity contribution in [3.05, 3.63) is 94.5 Å². The Morgan fingerprint density at radius 1 is 0.931 bits per heavy atom. The van der Waals surface area contributed by atoms with Gasteiger partial charge in [0.25, 0.3) is 5.69 Å². The summed E-state index contributed by atoms with van der Waals surface area (Å²) in [6, 6.07) is 24.2. The highest BCUT2D eigenvalue weighted by molar-refractivity contribution is 5.54. The van der Waals surface area contributed by atoms with Crippen LogP contribution in [0.15, 0.2) is 89.1 Å². The summed E-state index contributed by atoms with van der Waals surface area (Å²) < 4.78 is 0. The van der Waals surface area contributed by atoms with Crippen molar-refractivity contribution in [2.45, 2.75) is 19.5 Å². The van der Waals surface area contributed by atoms with Crippen LogP contribution in [-0.4, -0.2) is 17.5 Å². The third-order valence-corrected chi connectivity index (χ3v) is 4.59. The first-order valence-corrected chi connectivity index (χ1v) is 9.33. The smallest absolute Gasteiger partial charge is 0.269 e. The molecule has 0 aliphatic rings. The summed E-state index contributed by atoms with van der Waals surface area (Å²) in [5.41, 5.74) is 9.48. The maximum atomic E-state index is 10.7. The largest absolute Gasteiger partial charge is 0.363 e. The first-order chi connectivity index (χ1) is 14.1. The first-order valence-electron chi connectivity index (χ1n) is 9.33. The van der Waals surface area contributed by atoms with Gasteiger partial charge in [0.05, 0.1) is 16.3 Å². The molecule has 0 heterocycles. The molecule has 0 amide bonds. The number of nitrogens with two attached hydrogens (primary N) is 1. The molecule has 7 heteroatoms. The number of hydrogen-bond donors (Lipinski definition) is 1. The van der Waals surface area contributed by atoms with Crippen LogP contribution >= 0.6 is 0 Å². The number of azo groups is 1. The van der Waals surface area contributed by atoms with Crippen LogP contribution in [0.3, 0.4) is 0 Å². The van der Waals surface area contributed by atoms with Gasteiger partial charge in [0.1, 0.15) is 0 Å². The van der Waals surface area contributed by atoms with E-state index in [0.29, 0.717) is 17.9 Å². The molecule has 0 aliphatic carbocycles. The van der Waals surface area contributed by atoms with Crippen LogP contribution in [0.1, 0.15) is 12.5 Å². The van der Waals surface area contributed by atoms with Crippen molar-refractivity contribution in [2.24, 2.45) is 16.0 Å². The average molecular weight is 389 g/mol. The fraction of sp³-hybridized carbons (Fsp3) is 0.182. The highest BCUT2D eigenvalue weighted by Crippen LogP contribution is 2.25. The molecule has 1 unspecified atom stereocenters. The summed E-state index contributed by atoms with van der Waals surface area (Å²) >= 11 is 0. The van der Waals surface area contributed by atoms with Gasteiger partial charge < -0.3 is 10.6 Å². The van der Waals surface area contributed by atoms with E-state index in [1.165, 1.54) is 17.7 Å². The molecule has 0 saturated heterocycles. The topological polar surface area (TPSA) is 97.1 Å². The first kappa shape index (κ1) is 20.2. The summed E-state index contributed by atoms with van der Waals surface area (Å²) in [7, 11) is 0. The monoisotopic (exact) mass is 389 g/mol. The highest BCUT2D eigenvalue weighted by atomic mass is 16.6. The maximum Gasteiger partial charge on any atom is 0.269 e. The molecule has 3 aromatic rings. The number of rotatable bonds is 8. The zero-order valence-electron chi connectivity index (χ0n) is 16.2. The van der Waals surface area contributed by atoms with Crippen LogP contribution in [0.4, 0.5) is 22.7 Å². The molecule has 29 heavy (non-hydrogen) atoms. The van der Waals surface area contributed by atoms with Crippen molar-refractivity contribution in [1.82, 2.24) is 0 Å². The number of anilines is 1. The predicted molar refractivity (Wildman–Crippen MR) is 115 cm³/mol. The summed E-state index contributed by atoms with van der Waals surface area (Å²) in [6.45, 7) is 3.42. The van der Waals surface area contributed by atoms with Gasteiger partial charge in [0.2, 0.25) is 0 Å². The number of hydrogen-bond acceptors (Lipinski definition) is 6. The third-order valence-electron chi connectivity index (χ3n) is 4.59. The molecule has 2 N–H and O–H groups in total. The SMILES string of the molecule is CC(CN)N(Cc1ccccc1)c1ccc(N=Nc2ccc([N+](=O)[O-])cc2)cc1.